The Labute approximate surface area is 304 Å². The van der Waals surface area contributed by atoms with Gasteiger partial charge >= 0.3 is 5.97 Å². The number of aliphatic carboxylic acids is 1. The van der Waals surface area contributed by atoms with Gasteiger partial charge in [-0.3, -0.25) is 43.3 Å². The average Bonchev–Trinajstić information content (AvgIpc) is 3.55. The van der Waals surface area contributed by atoms with E-state index in [0.717, 1.165) is 4.90 Å². The molecule has 1 aliphatic heterocycles. The van der Waals surface area contributed by atoms with Crippen molar-refractivity contribution < 1.29 is 53.4 Å². The monoisotopic (exact) mass is 756 g/mol. The summed E-state index contributed by atoms with van der Waals surface area (Å²) in [5, 5.41) is 31.2. The van der Waals surface area contributed by atoms with Gasteiger partial charge in [0, 0.05) is 13.1 Å². The molecule has 1 fully saturated rings. The van der Waals surface area contributed by atoms with Crippen LogP contribution in [-0.4, -0.2) is 136 Å². The Balaban J connectivity index is 3.07. The van der Waals surface area contributed by atoms with E-state index in [1.807, 2.05) is 0 Å². The zero-order valence-corrected chi connectivity index (χ0v) is 29.8. The Morgan fingerprint density at radius 2 is 1.38 bits per heavy atom. The lowest BCUT2D eigenvalue weighted by Gasteiger charge is -2.28. The van der Waals surface area contributed by atoms with Gasteiger partial charge in [0.05, 0.1) is 31.5 Å². The van der Waals surface area contributed by atoms with E-state index in [0.29, 0.717) is 6.42 Å². The predicted octanol–water partition coefficient (Wildman–Crippen LogP) is -6.71. The van der Waals surface area contributed by atoms with Gasteiger partial charge in [-0.15, -0.1) is 0 Å². The molecule has 0 saturated carbocycles. The SMILES string of the molecule is CC(C)[C@H](NC(=O)[C@H](CCCN=C(N)N)NC(=O)[C@H](CC(N)=O)NC(=O)[C@@H]1CCCN1C(=O)CNC(=O)[C@@H](NC(=O)[C@@H](N)CC(N)=O)[C@@H](C)O)C(=O)O. The molecule has 1 heterocycles. The molecule has 0 aromatic carbocycles. The number of aliphatic imine (C=N–C) groups is 1. The summed E-state index contributed by atoms with van der Waals surface area (Å²) in [5.41, 5.74) is 26.6. The first-order chi connectivity index (χ1) is 24.7. The molecular weight excluding hydrogens is 704 g/mol. The summed E-state index contributed by atoms with van der Waals surface area (Å²) in [6, 6.07) is -8.42. The van der Waals surface area contributed by atoms with E-state index in [-0.39, 0.29) is 38.3 Å². The fourth-order valence-electron chi connectivity index (χ4n) is 5.18. The summed E-state index contributed by atoms with van der Waals surface area (Å²) in [5.74, 6) is -9.36. The maximum absolute atomic E-state index is 13.4. The summed E-state index contributed by atoms with van der Waals surface area (Å²) < 4.78 is 0. The molecule has 1 saturated heterocycles. The number of nitrogens with zero attached hydrogens (tertiary/aromatic N) is 2. The summed E-state index contributed by atoms with van der Waals surface area (Å²) in [7, 11) is 0. The number of primary amides is 2. The smallest absolute Gasteiger partial charge is 0.326 e. The van der Waals surface area contributed by atoms with Crippen molar-refractivity contribution in [3.63, 3.8) is 0 Å². The van der Waals surface area contributed by atoms with Crippen molar-refractivity contribution in [1.82, 2.24) is 31.5 Å². The molecule has 0 unspecified atom stereocenters. The minimum atomic E-state index is -1.62. The van der Waals surface area contributed by atoms with Crippen LogP contribution in [-0.2, 0) is 43.2 Å². The fraction of sp³-hybridized carbons (Fsp3) is 0.667. The van der Waals surface area contributed by atoms with Gasteiger partial charge < -0.3 is 70.4 Å². The zero-order valence-electron chi connectivity index (χ0n) is 29.8. The van der Waals surface area contributed by atoms with Crippen LogP contribution in [0.2, 0.25) is 0 Å². The minimum absolute atomic E-state index is 0.0570. The molecule has 23 nitrogen and oxygen atoms in total. The molecule has 0 bridgehead atoms. The molecule has 298 valence electrons. The first-order valence-corrected chi connectivity index (χ1v) is 16.7. The van der Waals surface area contributed by atoms with Gasteiger partial charge in [-0.25, -0.2) is 4.79 Å². The fourth-order valence-corrected chi connectivity index (χ4v) is 5.18. The van der Waals surface area contributed by atoms with Gasteiger partial charge in [-0.2, -0.15) is 0 Å². The normalized spacial score (nSPS) is 17.2. The van der Waals surface area contributed by atoms with Crippen molar-refractivity contribution in [1.29, 1.82) is 0 Å². The molecule has 0 spiro atoms. The molecule has 53 heavy (non-hydrogen) atoms. The molecular formula is C30H52N12O11. The maximum Gasteiger partial charge on any atom is 0.326 e. The second kappa shape index (κ2) is 21.7. The number of nitrogens with two attached hydrogens (primary N) is 5. The van der Waals surface area contributed by atoms with E-state index >= 15 is 0 Å². The van der Waals surface area contributed by atoms with Gasteiger partial charge in [-0.05, 0) is 38.5 Å². The zero-order chi connectivity index (χ0) is 40.6. The highest BCUT2D eigenvalue weighted by Gasteiger charge is 2.38. The summed E-state index contributed by atoms with van der Waals surface area (Å²) in [4.78, 5) is 118. The van der Waals surface area contributed by atoms with Crippen LogP contribution in [0.3, 0.4) is 0 Å². The number of hydrogen-bond donors (Lipinski definition) is 12. The molecule has 8 amide bonds. The van der Waals surface area contributed by atoms with Gasteiger partial charge in [0.1, 0.15) is 30.2 Å². The highest BCUT2D eigenvalue weighted by Crippen LogP contribution is 2.18. The van der Waals surface area contributed by atoms with Crippen LogP contribution in [0.25, 0.3) is 0 Å². The number of carboxylic acids is 1. The van der Waals surface area contributed by atoms with Crippen molar-refractivity contribution in [3.8, 4) is 0 Å². The number of carbonyl (C=O) groups is 9. The third-order valence-electron chi connectivity index (χ3n) is 7.96. The number of aliphatic hydroxyl groups is 1. The molecule has 7 atom stereocenters. The van der Waals surface area contributed by atoms with Crippen LogP contribution in [0, 0.1) is 5.92 Å². The van der Waals surface area contributed by atoms with Crippen LogP contribution in [0.4, 0.5) is 0 Å². The van der Waals surface area contributed by atoms with Crippen LogP contribution in [0.5, 0.6) is 0 Å². The second-order valence-corrected chi connectivity index (χ2v) is 12.8. The van der Waals surface area contributed by atoms with Crippen molar-refractivity contribution in [3.05, 3.63) is 0 Å². The third kappa shape index (κ3) is 15.7. The van der Waals surface area contributed by atoms with E-state index in [1.165, 1.54) is 6.92 Å². The minimum Gasteiger partial charge on any atom is -0.480 e. The lowest BCUT2D eigenvalue weighted by molar-refractivity contribution is -0.143. The molecule has 0 aliphatic carbocycles. The number of rotatable bonds is 22. The molecule has 0 aromatic heterocycles. The molecule has 17 N–H and O–H groups in total. The Kier molecular flexibility index (Phi) is 18.6. The maximum atomic E-state index is 13.4. The van der Waals surface area contributed by atoms with Crippen molar-refractivity contribution in [2.24, 2.45) is 39.6 Å². The number of nitrogens with one attached hydrogen (secondary N) is 5. The quantitative estimate of drug-likeness (QED) is 0.0278. The Morgan fingerprint density at radius 3 is 1.91 bits per heavy atom. The number of aliphatic hydroxyl groups excluding tert-OH is 1. The van der Waals surface area contributed by atoms with Gasteiger partial charge in [0.2, 0.25) is 47.3 Å². The van der Waals surface area contributed by atoms with Crippen LogP contribution >= 0.6 is 0 Å². The van der Waals surface area contributed by atoms with Crippen LogP contribution < -0.4 is 55.3 Å². The summed E-state index contributed by atoms with van der Waals surface area (Å²) in [6.07, 6.45) is -2.14. The molecule has 0 aromatic rings. The van der Waals surface area contributed by atoms with Crippen molar-refractivity contribution >= 4 is 59.2 Å². The van der Waals surface area contributed by atoms with E-state index in [1.54, 1.807) is 13.8 Å². The summed E-state index contributed by atoms with van der Waals surface area (Å²) in [6.45, 7) is 3.76. The summed E-state index contributed by atoms with van der Waals surface area (Å²) >= 11 is 0. The van der Waals surface area contributed by atoms with E-state index in [2.05, 4.69) is 31.6 Å². The van der Waals surface area contributed by atoms with E-state index < -0.39 is 121 Å². The first kappa shape index (κ1) is 45.4. The number of amides is 8. The largest absolute Gasteiger partial charge is 0.480 e. The lowest BCUT2D eigenvalue weighted by Crippen LogP contribution is -2.59. The average molecular weight is 757 g/mol. The molecule has 1 aliphatic rings. The first-order valence-electron chi connectivity index (χ1n) is 16.7. The highest BCUT2D eigenvalue weighted by molar-refractivity contribution is 5.98. The topological polar surface area (TPSA) is 400 Å². The Bertz CT molecular complexity index is 1400. The Hall–Kier alpha value is -5.58. The van der Waals surface area contributed by atoms with E-state index in [9.17, 15) is 53.4 Å². The van der Waals surface area contributed by atoms with E-state index in [4.69, 9.17) is 28.7 Å². The van der Waals surface area contributed by atoms with Crippen LogP contribution in [0.1, 0.15) is 59.3 Å². The van der Waals surface area contributed by atoms with Gasteiger partial charge in [-0.1, -0.05) is 13.8 Å². The van der Waals surface area contributed by atoms with Gasteiger partial charge in [0.15, 0.2) is 5.96 Å². The van der Waals surface area contributed by atoms with Gasteiger partial charge in [0.25, 0.3) is 0 Å². The lowest BCUT2D eigenvalue weighted by atomic mass is 10.0. The molecule has 23 heteroatoms. The number of likely N-dealkylation sites (tertiary alicyclic amines) is 1. The Morgan fingerprint density at radius 1 is 0.792 bits per heavy atom. The highest BCUT2D eigenvalue weighted by atomic mass is 16.4. The molecule has 1 rings (SSSR count). The predicted molar refractivity (Wildman–Crippen MR) is 185 cm³/mol. The number of carbonyl (C=O) groups excluding carboxylic acids is 8. The molecule has 0 radical (unpaired) electrons. The standard InChI is InChI=1S/C30H52N12O11/c1-13(2)22(29(52)53)40-25(48)16(6-4-8-36-30(34)35)38-26(49)17(11-20(33)45)39-27(50)18-7-5-9-42(18)21(46)12-37-28(51)23(14(3)43)41-24(47)15(31)10-19(32)44/h13-18,22-23,43H,4-12,31H2,1-3H3,(H2,32,44)(H2,33,45)(H,37,51)(H,38,49)(H,39,50)(H,40,48)(H,41,47)(H,52,53)(H4,34,35,36)/t14-,15+,16+,17+,18+,22+,23+/m1/s1. The second-order valence-electron chi connectivity index (χ2n) is 12.8. The number of carboxylic acid groups (broad SMARTS) is 1. The number of hydrogen-bond acceptors (Lipinski definition) is 12. The number of guanidine groups is 1. The van der Waals surface area contributed by atoms with Crippen molar-refractivity contribution in [2.45, 2.75) is 102 Å². The van der Waals surface area contributed by atoms with Crippen LogP contribution in [0.15, 0.2) is 4.99 Å². The van der Waals surface area contributed by atoms with Crippen molar-refractivity contribution in [2.75, 3.05) is 19.6 Å². The third-order valence-corrected chi connectivity index (χ3v) is 7.96.